The lowest BCUT2D eigenvalue weighted by molar-refractivity contribution is 0.0993. The fraction of sp³-hybridized carbons (Fsp3) is 0.278. The van der Waals surface area contributed by atoms with Crippen molar-refractivity contribution in [1.82, 2.24) is 0 Å². The van der Waals surface area contributed by atoms with Crippen LogP contribution in [0.25, 0.3) is 0 Å². The molecule has 0 aliphatic rings. The van der Waals surface area contributed by atoms with Crippen LogP contribution in [0.1, 0.15) is 36.2 Å². The highest BCUT2D eigenvalue weighted by molar-refractivity contribution is 5.98. The van der Waals surface area contributed by atoms with E-state index in [-0.39, 0.29) is 5.78 Å². The Balaban J connectivity index is 2.95. The quantitative estimate of drug-likeness (QED) is 0.538. The lowest BCUT2D eigenvalue weighted by Crippen LogP contribution is -2.02. The zero-order valence-electron chi connectivity index (χ0n) is 12.5. The predicted molar refractivity (Wildman–Crippen MR) is 84.4 cm³/mol. The number of ether oxygens (including phenoxy) is 1. The van der Waals surface area contributed by atoms with E-state index in [9.17, 15) is 4.79 Å². The van der Waals surface area contributed by atoms with Crippen LogP contribution in [-0.2, 0) is 6.42 Å². The van der Waals surface area contributed by atoms with E-state index in [1.165, 1.54) is 0 Å². The van der Waals surface area contributed by atoms with E-state index >= 15 is 0 Å². The molecular weight excluding hydrogens is 248 g/mol. The Bertz CT molecular complexity index is 536. The van der Waals surface area contributed by atoms with E-state index in [4.69, 9.17) is 4.74 Å². The summed E-state index contributed by atoms with van der Waals surface area (Å²) in [5.41, 5.74) is 2.69. The van der Waals surface area contributed by atoms with Gasteiger partial charge in [0.2, 0.25) is 0 Å². The highest BCUT2D eigenvalue weighted by Crippen LogP contribution is 2.22. The Morgan fingerprint density at radius 2 is 2.15 bits per heavy atom. The third-order valence-electron chi connectivity index (χ3n) is 3.12. The Labute approximate surface area is 121 Å². The van der Waals surface area contributed by atoms with Gasteiger partial charge in [0.25, 0.3) is 0 Å². The highest BCUT2D eigenvalue weighted by atomic mass is 16.5. The van der Waals surface area contributed by atoms with Gasteiger partial charge in [0.15, 0.2) is 5.78 Å². The van der Waals surface area contributed by atoms with Crippen LogP contribution < -0.4 is 4.74 Å². The molecule has 0 N–H and O–H groups in total. The van der Waals surface area contributed by atoms with Crippen LogP contribution in [0.5, 0.6) is 5.75 Å². The average Bonchev–Trinajstić information content (AvgIpc) is 2.50. The number of hydrogen-bond acceptors (Lipinski definition) is 2. The summed E-state index contributed by atoms with van der Waals surface area (Å²) < 4.78 is 5.33. The molecule has 2 nitrogen and oxygen atoms in total. The summed E-state index contributed by atoms with van der Waals surface area (Å²) in [7, 11) is 1.63. The molecule has 0 fully saturated rings. The van der Waals surface area contributed by atoms with Gasteiger partial charge in [-0.3, -0.25) is 4.79 Å². The summed E-state index contributed by atoms with van der Waals surface area (Å²) in [5, 5.41) is 0. The molecule has 1 aromatic carbocycles. The van der Waals surface area contributed by atoms with E-state index in [0.29, 0.717) is 12.0 Å². The van der Waals surface area contributed by atoms with Crippen LogP contribution in [0.4, 0.5) is 0 Å². The molecule has 0 unspecified atom stereocenters. The number of allylic oxidation sites excluding steroid dienone is 5. The van der Waals surface area contributed by atoms with Crippen LogP contribution in [0.15, 0.2) is 54.7 Å². The van der Waals surface area contributed by atoms with Crippen molar-refractivity contribution in [3.63, 3.8) is 0 Å². The van der Waals surface area contributed by atoms with Gasteiger partial charge in [-0.05, 0) is 30.5 Å². The molecule has 1 rings (SSSR count). The van der Waals surface area contributed by atoms with Crippen molar-refractivity contribution < 1.29 is 9.53 Å². The third-order valence-corrected chi connectivity index (χ3v) is 3.12. The van der Waals surface area contributed by atoms with Crippen LogP contribution in [-0.4, -0.2) is 12.9 Å². The number of carbonyl (C=O) groups is 1. The minimum atomic E-state index is 0.0709. The number of hydrogen-bond donors (Lipinski definition) is 0. The molecular formula is C18H22O2. The molecule has 0 saturated heterocycles. The van der Waals surface area contributed by atoms with Gasteiger partial charge < -0.3 is 4.74 Å². The Kier molecular flexibility index (Phi) is 6.51. The molecule has 0 aromatic heterocycles. The molecule has 0 heterocycles. The van der Waals surface area contributed by atoms with Gasteiger partial charge in [0, 0.05) is 12.0 Å². The van der Waals surface area contributed by atoms with Crippen molar-refractivity contribution in [3.8, 4) is 5.75 Å². The first-order chi connectivity index (χ1) is 9.65. The Hall–Kier alpha value is -2.09. The molecule has 0 aliphatic carbocycles. The molecule has 0 spiro atoms. The van der Waals surface area contributed by atoms with Crippen molar-refractivity contribution in [2.24, 2.45) is 0 Å². The Morgan fingerprint density at radius 3 is 2.70 bits per heavy atom. The van der Waals surface area contributed by atoms with Gasteiger partial charge in [-0.2, -0.15) is 0 Å². The van der Waals surface area contributed by atoms with Gasteiger partial charge in [-0.25, -0.2) is 0 Å². The summed E-state index contributed by atoms with van der Waals surface area (Å²) >= 11 is 0. The molecule has 0 saturated carbocycles. The minimum absolute atomic E-state index is 0.0709. The first-order valence-corrected chi connectivity index (χ1v) is 6.80. The van der Waals surface area contributed by atoms with Crippen molar-refractivity contribution in [3.05, 3.63) is 65.8 Å². The van der Waals surface area contributed by atoms with Gasteiger partial charge in [0.1, 0.15) is 5.75 Å². The van der Waals surface area contributed by atoms with Crippen LogP contribution >= 0.6 is 0 Å². The topological polar surface area (TPSA) is 26.3 Å². The van der Waals surface area contributed by atoms with Crippen LogP contribution in [0.2, 0.25) is 0 Å². The van der Waals surface area contributed by atoms with Crippen molar-refractivity contribution in [2.45, 2.75) is 26.7 Å². The Morgan fingerprint density at radius 1 is 1.40 bits per heavy atom. The molecule has 1 aromatic rings. The molecule has 2 heteroatoms. The SMILES string of the molecule is C=C/C(=C\C=C/C)CC(=O)c1ccc(CC)c(OC)c1. The molecule has 0 amide bonds. The lowest BCUT2D eigenvalue weighted by atomic mass is 10.0. The van der Waals surface area contributed by atoms with E-state index in [2.05, 4.69) is 13.5 Å². The zero-order chi connectivity index (χ0) is 15.0. The molecule has 0 atom stereocenters. The lowest BCUT2D eigenvalue weighted by Gasteiger charge is -2.09. The second-order valence-electron chi connectivity index (χ2n) is 4.45. The van der Waals surface area contributed by atoms with E-state index in [0.717, 1.165) is 23.3 Å². The zero-order valence-corrected chi connectivity index (χ0v) is 12.5. The number of ketones is 1. The number of Topliss-reactive ketones (excluding diaryl/α,β-unsaturated/α-hetero) is 1. The van der Waals surface area contributed by atoms with Crippen LogP contribution in [0, 0.1) is 0 Å². The van der Waals surface area contributed by atoms with Crippen LogP contribution in [0.3, 0.4) is 0 Å². The standard InChI is InChI=1S/C18H22O2/c1-5-8-9-14(6-2)12-17(19)16-11-10-15(7-3)18(13-16)20-4/h5-6,8-11,13H,2,7,12H2,1,3-4H3/b8-5-,14-9+. The molecule has 0 aliphatic heterocycles. The second kappa shape index (κ2) is 8.16. The van der Waals surface area contributed by atoms with Gasteiger partial charge in [-0.15, -0.1) is 0 Å². The molecule has 0 bridgehead atoms. The maximum absolute atomic E-state index is 12.3. The van der Waals surface area contributed by atoms with Gasteiger partial charge in [-0.1, -0.05) is 49.9 Å². The smallest absolute Gasteiger partial charge is 0.167 e. The highest BCUT2D eigenvalue weighted by Gasteiger charge is 2.10. The maximum atomic E-state index is 12.3. The third kappa shape index (κ3) is 4.23. The summed E-state index contributed by atoms with van der Waals surface area (Å²) in [5.74, 6) is 0.845. The predicted octanol–water partition coefficient (Wildman–Crippen LogP) is 4.52. The number of rotatable bonds is 7. The van der Waals surface area contributed by atoms with Gasteiger partial charge in [0.05, 0.1) is 7.11 Å². The van der Waals surface area contributed by atoms with Crippen molar-refractivity contribution >= 4 is 5.78 Å². The normalized spacial score (nSPS) is 11.7. The molecule has 20 heavy (non-hydrogen) atoms. The molecule has 106 valence electrons. The largest absolute Gasteiger partial charge is 0.496 e. The summed E-state index contributed by atoms with van der Waals surface area (Å²) in [6, 6.07) is 5.63. The second-order valence-corrected chi connectivity index (χ2v) is 4.45. The van der Waals surface area contributed by atoms with Crippen molar-refractivity contribution in [1.29, 1.82) is 0 Å². The number of carbonyl (C=O) groups excluding carboxylic acids is 1. The fourth-order valence-electron chi connectivity index (χ4n) is 1.92. The molecule has 0 radical (unpaired) electrons. The number of benzene rings is 1. The number of methoxy groups -OCH3 is 1. The van der Waals surface area contributed by atoms with E-state index in [1.807, 2.05) is 43.4 Å². The average molecular weight is 270 g/mol. The van der Waals surface area contributed by atoms with Gasteiger partial charge >= 0.3 is 0 Å². The summed E-state index contributed by atoms with van der Waals surface area (Å²) in [6.45, 7) is 7.75. The first-order valence-electron chi connectivity index (χ1n) is 6.80. The first kappa shape index (κ1) is 16.0. The minimum Gasteiger partial charge on any atom is -0.496 e. The summed E-state index contributed by atoms with van der Waals surface area (Å²) in [4.78, 5) is 12.3. The summed E-state index contributed by atoms with van der Waals surface area (Å²) in [6.07, 6.45) is 8.69. The van der Waals surface area contributed by atoms with Crippen molar-refractivity contribution in [2.75, 3.05) is 7.11 Å². The van der Waals surface area contributed by atoms with E-state index < -0.39 is 0 Å². The number of aryl methyl sites for hydroxylation is 1. The van der Waals surface area contributed by atoms with E-state index in [1.54, 1.807) is 13.2 Å². The fourth-order valence-corrected chi connectivity index (χ4v) is 1.92. The maximum Gasteiger partial charge on any atom is 0.167 e. The monoisotopic (exact) mass is 270 g/mol.